The molecule has 0 saturated heterocycles. The molecule has 0 saturated carbocycles. The summed E-state index contributed by atoms with van der Waals surface area (Å²) in [6, 6.07) is 13.7. The van der Waals surface area contributed by atoms with Crippen LogP contribution in [0.2, 0.25) is 5.02 Å². The number of pyridine rings is 1. The summed E-state index contributed by atoms with van der Waals surface area (Å²) in [5.41, 5.74) is 2.95. The van der Waals surface area contributed by atoms with E-state index in [9.17, 15) is 0 Å². The average molecular weight is 370 g/mol. The van der Waals surface area contributed by atoms with Crippen LogP contribution in [0.1, 0.15) is 12.6 Å². The number of rotatable bonds is 5. The summed E-state index contributed by atoms with van der Waals surface area (Å²) in [7, 11) is 0. The van der Waals surface area contributed by atoms with Crippen molar-refractivity contribution in [2.75, 3.05) is 0 Å². The van der Waals surface area contributed by atoms with E-state index in [4.69, 9.17) is 11.6 Å². The molecule has 0 amide bonds. The van der Waals surface area contributed by atoms with E-state index in [1.807, 2.05) is 59.3 Å². The third-order valence-electron chi connectivity index (χ3n) is 3.88. The summed E-state index contributed by atoms with van der Waals surface area (Å²) in [4.78, 5) is 4.63. The van der Waals surface area contributed by atoms with Crippen LogP contribution in [0.4, 0.5) is 0 Å². The molecule has 25 heavy (non-hydrogen) atoms. The summed E-state index contributed by atoms with van der Waals surface area (Å²) in [6.07, 6.45) is 4.05. The van der Waals surface area contributed by atoms with Crippen LogP contribution in [-0.4, -0.2) is 24.1 Å². The van der Waals surface area contributed by atoms with Gasteiger partial charge in [0.25, 0.3) is 0 Å². The Bertz CT molecular complexity index is 990. The minimum Gasteiger partial charge on any atom is -0.307 e. The van der Waals surface area contributed by atoms with Crippen molar-refractivity contribution < 1.29 is 0 Å². The van der Waals surface area contributed by atoms with Gasteiger partial charge in [-0.2, -0.15) is 0 Å². The third-order valence-corrected chi connectivity index (χ3v) is 5.11. The van der Waals surface area contributed by atoms with Gasteiger partial charge in [-0.05, 0) is 31.2 Å². The van der Waals surface area contributed by atoms with Crippen molar-refractivity contribution in [2.24, 2.45) is 0 Å². The molecule has 0 spiro atoms. The van der Waals surface area contributed by atoms with Crippen molar-refractivity contribution in [2.45, 2.75) is 24.4 Å². The van der Waals surface area contributed by atoms with E-state index in [2.05, 4.69) is 26.7 Å². The molecular formula is C18H16ClN5S. The largest absolute Gasteiger partial charge is 0.307 e. The first-order valence-electron chi connectivity index (χ1n) is 7.99. The molecule has 4 rings (SSSR count). The Hall–Kier alpha value is -2.31. The number of halogens is 1. The zero-order chi connectivity index (χ0) is 17.2. The number of fused-ring (bicyclic) bond motifs is 1. The molecule has 1 aromatic carbocycles. The van der Waals surface area contributed by atoms with Gasteiger partial charge < -0.3 is 8.97 Å². The van der Waals surface area contributed by atoms with Crippen molar-refractivity contribution in [3.05, 3.63) is 65.6 Å². The van der Waals surface area contributed by atoms with E-state index in [1.54, 1.807) is 11.8 Å². The number of nitrogens with zero attached hydrogens (tertiary/aromatic N) is 5. The van der Waals surface area contributed by atoms with Gasteiger partial charge in [-0.15, -0.1) is 10.2 Å². The fourth-order valence-corrected chi connectivity index (χ4v) is 3.79. The molecule has 0 unspecified atom stereocenters. The van der Waals surface area contributed by atoms with Crippen LogP contribution in [-0.2, 0) is 12.3 Å². The highest BCUT2D eigenvalue weighted by Crippen LogP contribution is 2.27. The van der Waals surface area contributed by atoms with E-state index in [0.29, 0.717) is 5.02 Å². The molecule has 0 aliphatic heterocycles. The van der Waals surface area contributed by atoms with Gasteiger partial charge >= 0.3 is 0 Å². The number of aromatic nitrogens is 5. The summed E-state index contributed by atoms with van der Waals surface area (Å²) < 4.78 is 4.13. The molecule has 3 heterocycles. The van der Waals surface area contributed by atoms with Crippen molar-refractivity contribution in [3.63, 3.8) is 0 Å². The van der Waals surface area contributed by atoms with Gasteiger partial charge in [-0.3, -0.25) is 0 Å². The molecule has 126 valence electrons. The number of imidazole rings is 1. The Morgan fingerprint density at radius 1 is 1.12 bits per heavy atom. The summed E-state index contributed by atoms with van der Waals surface area (Å²) >= 11 is 7.74. The normalized spacial score (nSPS) is 11.3. The molecule has 0 N–H and O–H groups in total. The zero-order valence-electron chi connectivity index (χ0n) is 13.6. The van der Waals surface area contributed by atoms with Crippen molar-refractivity contribution in [1.29, 1.82) is 0 Å². The van der Waals surface area contributed by atoms with Crippen molar-refractivity contribution in [1.82, 2.24) is 24.1 Å². The lowest BCUT2D eigenvalue weighted by atomic mass is 10.2. The lowest BCUT2D eigenvalue weighted by Gasteiger charge is -2.07. The maximum absolute atomic E-state index is 6.10. The molecule has 5 nitrogen and oxygen atoms in total. The van der Waals surface area contributed by atoms with Crippen molar-refractivity contribution >= 4 is 29.0 Å². The first-order chi connectivity index (χ1) is 12.2. The molecule has 0 bridgehead atoms. The second-order valence-corrected chi connectivity index (χ2v) is 6.93. The van der Waals surface area contributed by atoms with E-state index in [-0.39, 0.29) is 0 Å². The van der Waals surface area contributed by atoms with Gasteiger partial charge in [0.05, 0.1) is 5.69 Å². The Kier molecular flexibility index (Phi) is 4.46. The monoisotopic (exact) mass is 369 g/mol. The maximum atomic E-state index is 6.10. The molecule has 0 radical (unpaired) electrons. The van der Waals surface area contributed by atoms with Gasteiger partial charge in [-0.1, -0.05) is 41.6 Å². The van der Waals surface area contributed by atoms with Gasteiger partial charge in [0.15, 0.2) is 11.0 Å². The zero-order valence-corrected chi connectivity index (χ0v) is 15.2. The maximum Gasteiger partial charge on any atom is 0.191 e. The van der Waals surface area contributed by atoms with E-state index in [1.165, 1.54) is 0 Å². The molecule has 7 heteroatoms. The highest BCUT2D eigenvalue weighted by molar-refractivity contribution is 7.98. The Balaban J connectivity index is 1.58. The molecular weight excluding hydrogens is 354 g/mol. The van der Waals surface area contributed by atoms with Gasteiger partial charge in [0.2, 0.25) is 0 Å². The van der Waals surface area contributed by atoms with Crippen LogP contribution in [0, 0.1) is 0 Å². The van der Waals surface area contributed by atoms with Gasteiger partial charge in [-0.25, -0.2) is 4.98 Å². The molecule has 0 aliphatic rings. The minimum absolute atomic E-state index is 0.696. The predicted molar refractivity (Wildman–Crippen MR) is 101 cm³/mol. The topological polar surface area (TPSA) is 48.0 Å². The quantitative estimate of drug-likeness (QED) is 0.484. The summed E-state index contributed by atoms with van der Waals surface area (Å²) in [5, 5.41) is 10.3. The molecule has 3 aromatic heterocycles. The van der Waals surface area contributed by atoms with Crippen LogP contribution in [0.25, 0.3) is 17.0 Å². The Morgan fingerprint density at radius 3 is 2.84 bits per heavy atom. The summed E-state index contributed by atoms with van der Waals surface area (Å²) in [6.45, 7) is 2.88. The number of benzene rings is 1. The standard InChI is InChI=1S/C18H16ClN5S/c1-2-24-17(13-6-5-7-14(19)10-13)21-22-18(24)25-12-15-11-23-9-4-3-8-16(23)20-15/h3-11H,2,12H2,1H3. The second kappa shape index (κ2) is 6.90. The molecule has 0 atom stereocenters. The molecule has 0 aliphatic carbocycles. The fraction of sp³-hybridized carbons (Fsp3) is 0.167. The summed E-state index contributed by atoms with van der Waals surface area (Å²) in [5.74, 6) is 1.58. The van der Waals surface area contributed by atoms with Gasteiger partial charge in [0.1, 0.15) is 5.65 Å². The number of hydrogen-bond donors (Lipinski definition) is 0. The third kappa shape index (κ3) is 3.27. The van der Waals surface area contributed by atoms with Crippen LogP contribution >= 0.6 is 23.4 Å². The molecule has 4 aromatic rings. The first-order valence-corrected chi connectivity index (χ1v) is 9.35. The van der Waals surface area contributed by atoms with Gasteiger partial charge in [0, 0.05) is 35.3 Å². The molecule has 0 fully saturated rings. The average Bonchev–Trinajstić information content (AvgIpc) is 3.23. The van der Waals surface area contributed by atoms with E-state index >= 15 is 0 Å². The fourth-order valence-electron chi connectivity index (χ4n) is 2.72. The van der Waals surface area contributed by atoms with Crippen LogP contribution < -0.4 is 0 Å². The van der Waals surface area contributed by atoms with E-state index in [0.717, 1.165) is 40.2 Å². The van der Waals surface area contributed by atoms with E-state index < -0.39 is 0 Å². The Morgan fingerprint density at radius 2 is 2.04 bits per heavy atom. The first kappa shape index (κ1) is 16.2. The highest BCUT2D eigenvalue weighted by atomic mass is 35.5. The van der Waals surface area contributed by atoms with Crippen LogP contribution in [0.5, 0.6) is 0 Å². The SMILES string of the molecule is CCn1c(SCc2cn3ccccc3n2)nnc1-c1cccc(Cl)c1. The predicted octanol–water partition coefficient (Wildman–Crippen LogP) is 4.56. The van der Waals surface area contributed by atoms with Crippen LogP contribution in [0.3, 0.4) is 0 Å². The number of hydrogen-bond acceptors (Lipinski definition) is 4. The number of thioether (sulfide) groups is 1. The lowest BCUT2D eigenvalue weighted by molar-refractivity contribution is 0.687. The second-order valence-electron chi connectivity index (χ2n) is 5.55. The Labute approximate surface area is 154 Å². The highest BCUT2D eigenvalue weighted by Gasteiger charge is 2.14. The van der Waals surface area contributed by atoms with Crippen LogP contribution in [0.15, 0.2) is 60.0 Å². The minimum atomic E-state index is 0.696. The lowest BCUT2D eigenvalue weighted by Crippen LogP contribution is -2.00. The van der Waals surface area contributed by atoms with Crippen molar-refractivity contribution in [3.8, 4) is 11.4 Å². The smallest absolute Gasteiger partial charge is 0.191 e.